The summed E-state index contributed by atoms with van der Waals surface area (Å²) in [5.74, 6) is -0.372. The van der Waals surface area contributed by atoms with Crippen LogP contribution in [0, 0.1) is 11.7 Å². The van der Waals surface area contributed by atoms with Gasteiger partial charge in [0.05, 0.1) is 11.8 Å². The minimum atomic E-state index is -3.06. The molecule has 2 aliphatic rings. The summed E-state index contributed by atoms with van der Waals surface area (Å²) in [6.45, 7) is -2.49. The van der Waals surface area contributed by atoms with Gasteiger partial charge in [-0.25, -0.2) is 9.18 Å². The van der Waals surface area contributed by atoms with Crippen LogP contribution in [0.25, 0.3) is 0 Å². The molecule has 0 unspecified atom stereocenters. The maximum atomic E-state index is 13.3. The summed E-state index contributed by atoms with van der Waals surface area (Å²) in [6, 6.07) is 2.33. The van der Waals surface area contributed by atoms with Gasteiger partial charge >= 0.3 is 12.6 Å². The highest BCUT2D eigenvalue weighted by atomic mass is 19.3. The third kappa shape index (κ3) is 4.53. The monoisotopic (exact) mass is 344 g/mol. The van der Waals surface area contributed by atoms with Crippen molar-refractivity contribution in [3.05, 3.63) is 24.0 Å². The van der Waals surface area contributed by atoms with Crippen LogP contribution >= 0.6 is 0 Å². The van der Waals surface area contributed by atoms with Gasteiger partial charge in [0.15, 0.2) is 0 Å². The number of alkyl halides is 2. The molecular formula is C16H19F3N2O3. The summed E-state index contributed by atoms with van der Waals surface area (Å²) in [5, 5.41) is 5.16. The molecule has 2 atom stereocenters. The summed E-state index contributed by atoms with van der Waals surface area (Å²) in [6.07, 6.45) is 3.88. The van der Waals surface area contributed by atoms with Crippen LogP contribution in [0.1, 0.15) is 25.7 Å². The first-order valence-corrected chi connectivity index (χ1v) is 7.95. The Labute approximate surface area is 137 Å². The van der Waals surface area contributed by atoms with Gasteiger partial charge in [0.1, 0.15) is 11.6 Å². The van der Waals surface area contributed by atoms with Gasteiger partial charge in [-0.2, -0.15) is 8.78 Å². The fourth-order valence-electron chi connectivity index (χ4n) is 2.90. The summed E-state index contributed by atoms with van der Waals surface area (Å²) in [5.41, 5.74) is -0.140. The number of urea groups is 1. The van der Waals surface area contributed by atoms with Gasteiger partial charge in [-0.15, -0.1) is 0 Å². The van der Waals surface area contributed by atoms with E-state index in [0.29, 0.717) is 18.9 Å². The molecule has 2 fully saturated rings. The lowest BCUT2D eigenvalue weighted by molar-refractivity contribution is -0.0494. The molecule has 0 bridgehead atoms. The third-order valence-corrected chi connectivity index (χ3v) is 4.20. The van der Waals surface area contributed by atoms with Crippen molar-refractivity contribution < 1.29 is 27.4 Å². The van der Waals surface area contributed by atoms with Crippen molar-refractivity contribution in [3.8, 4) is 5.75 Å². The first-order valence-electron chi connectivity index (χ1n) is 7.95. The fourth-order valence-corrected chi connectivity index (χ4v) is 2.90. The van der Waals surface area contributed by atoms with E-state index in [2.05, 4.69) is 15.4 Å². The van der Waals surface area contributed by atoms with Crippen LogP contribution in [-0.2, 0) is 4.74 Å². The van der Waals surface area contributed by atoms with E-state index >= 15 is 0 Å². The van der Waals surface area contributed by atoms with Gasteiger partial charge in [-0.3, -0.25) is 0 Å². The average molecular weight is 344 g/mol. The Morgan fingerprint density at radius 2 is 2.08 bits per heavy atom. The summed E-state index contributed by atoms with van der Waals surface area (Å²) in [4.78, 5) is 12.1. The van der Waals surface area contributed by atoms with Crippen LogP contribution in [0.3, 0.4) is 0 Å². The molecule has 0 spiro atoms. The van der Waals surface area contributed by atoms with E-state index in [1.165, 1.54) is 0 Å². The van der Waals surface area contributed by atoms with Crippen LogP contribution in [0.2, 0.25) is 0 Å². The molecule has 1 aliphatic heterocycles. The number of hydrogen-bond donors (Lipinski definition) is 2. The minimum Gasteiger partial charge on any atom is -0.433 e. The topological polar surface area (TPSA) is 59.6 Å². The average Bonchev–Trinajstić information content (AvgIpc) is 3.34. The molecule has 1 saturated carbocycles. The van der Waals surface area contributed by atoms with Crippen LogP contribution in [-0.4, -0.2) is 31.4 Å². The number of amides is 2. The Morgan fingerprint density at radius 1 is 1.29 bits per heavy atom. The first kappa shape index (κ1) is 16.9. The van der Waals surface area contributed by atoms with Crippen LogP contribution in [0.4, 0.5) is 23.7 Å². The lowest BCUT2D eigenvalue weighted by Gasteiger charge is -2.30. The summed E-state index contributed by atoms with van der Waals surface area (Å²) in [7, 11) is 0. The molecule has 132 valence electrons. The summed E-state index contributed by atoms with van der Waals surface area (Å²) < 4.78 is 48.0. The van der Waals surface area contributed by atoms with Crippen molar-refractivity contribution in [1.82, 2.24) is 5.32 Å². The number of rotatable bonds is 5. The molecule has 24 heavy (non-hydrogen) atoms. The molecule has 1 aromatic carbocycles. The maximum Gasteiger partial charge on any atom is 0.387 e. The maximum absolute atomic E-state index is 13.3. The number of ether oxygens (including phenoxy) is 2. The number of benzene rings is 1. The Kier molecular flexibility index (Phi) is 5.13. The Balaban J connectivity index is 1.58. The van der Waals surface area contributed by atoms with E-state index in [1.54, 1.807) is 0 Å². The zero-order chi connectivity index (χ0) is 17.1. The highest BCUT2D eigenvalue weighted by molar-refractivity contribution is 5.91. The van der Waals surface area contributed by atoms with Gasteiger partial charge in [0, 0.05) is 18.7 Å². The quantitative estimate of drug-likeness (QED) is 0.859. The second-order valence-electron chi connectivity index (χ2n) is 6.09. The van der Waals surface area contributed by atoms with Crippen molar-refractivity contribution >= 4 is 11.7 Å². The molecule has 5 nitrogen and oxygen atoms in total. The molecule has 1 saturated heterocycles. The normalized spacial score (nSPS) is 23.8. The highest BCUT2D eigenvalue weighted by Gasteiger charge is 2.36. The number of halogens is 3. The smallest absolute Gasteiger partial charge is 0.387 e. The van der Waals surface area contributed by atoms with Crippen molar-refractivity contribution in [2.75, 3.05) is 11.9 Å². The molecule has 8 heteroatoms. The van der Waals surface area contributed by atoms with Crippen LogP contribution < -0.4 is 15.4 Å². The number of carbonyl (C=O) groups excluding carboxylic acids is 1. The standard InChI is InChI=1S/C16H19F3N2O3/c17-10-3-4-13(24-15(18)19)12(7-10)21-16(22)20-11-5-6-23-14(8-11)9-1-2-9/h3-4,7,9,11,14-15H,1-2,5-6,8H2,(H2,20,21,22)/t11-,14+/m1/s1. The number of nitrogens with one attached hydrogen (secondary N) is 2. The van der Waals surface area contributed by atoms with E-state index < -0.39 is 18.5 Å². The lowest BCUT2D eigenvalue weighted by Crippen LogP contribution is -2.44. The Morgan fingerprint density at radius 3 is 2.79 bits per heavy atom. The molecule has 2 N–H and O–H groups in total. The molecular weight excluding hydrogens is 325 g/mol. The SMILES string of the molecule is O=C(Nc1cc(F)ccc1OC(F)F)N[C@@H]1CCO[C@H](C2CC2)C1. The van der Waals surface area contributed by atoms with Crippen molar-refractivity contribution in [1.29, 1.82) is 0 Å². The lowest BCUT2D eigenvalue weighted by atomic mass is 10.0. The summed E-state index contributed by atoms with van der Waals surface area (Å²) >= 11 is 0. The first-order chi connectivity index (χ1) is 11.5. The van der Waals surface area contributed by atoms with Gasteiger partial charge in [-0.1, -0.05) is 0 Å². The number of carbonyl (C=O) groups is 1. The largest absolute Gasteiger partial charge is 0.433 e. The Hall–Kier alpha value is -1.96. The third-order valence-electron chi connectivity index (χ3n) is 4.20. The predicted octanol–water partition coefficient (Wildman–Crippen LogP) is 3.51. The van der Waals surface area contributed by atoms with E-state index in [4.69, 9.17) is 4.74 Å². The zero-order valence-corrected chi connectivity index (χ0v) is 12.9. The van der Waals surface area contributed by atoms with Crippen molar-refractivity contribution in [2.45, 2.75) is 44.4 Å². The molecule has 1 aliphatic carbocycles. The van der Waals surface area contributed by atoms with Gasteiger partial charge in [0.25, 0.3) is 0 Å². The number of hydrogen-bond acceptors (Lipinski definition) is 3. The molecule has 1 heterocycles. The predicted molar refractivity (Wildman–Crippen MR) is 80.7 cm³/mol. The van der Waals surface area contributed by atoms with Crippen molar-refractivity contribution in [2.24, 2.45) is 5.92 Å². The van der Waals surface area contributed by atoms with E-state index in [1.807, 2.05) is 0 Å². The van der Waals surface area contributed by atoms with Crippen molar-refractivity contribution in [3.63, 3.8) is 0 Å². The van der Waals surface area contributed by atoms with E-state index in [0.717, 1.165) is 37.5 Å². The van der Waals surface area contributed by atoms with E-state index in [9.17, 15) is 18.0 Å². The van der Waals surface area contributed by atoms with Gasteiger partial charge < -0.3 is 20.1 Å². The molecule has 3 rings (SSSR count). The fraction of sp³-hybridized carbons (Fsp3) is 0.562. The molecule has 1 aromatic rings. The van der Waals surface area contributed by atoms with Crippen LogP contribution in [0.5, 0.6) is 5.75 Å². The Bertz CT molecular complexity index is 596. The van der Waals surface area contributed by atoms with Crippen LogP contribution in [0.15, 0.2) is 18.2 Å². The van der Waals surface area contributed by atoms with Gasteiger partial charge in [0.2, 0.25) is 0 Å². The van der Waals surface area contributed by atoms with Gasteiger partial charge in [-0.05, 0) is 43.7 Å². The van der Waals surface area contributed by atoms with E-state index in [-0.39, 0.29) is 23.6 Å². The molecule has 0 aromatic heterocycles. The second-order valence-corrected chi connectivity index (χ2v) is 6.09. The number of anilines is 1. The zero-order valence-electron chi connectivity index (χ0n) is 12.9. The molecule has 2 amide bonds. The minimum absolute atomic E-state index is 0.0580. The second kappa shape index (κ2) is 7.29. The molecule has 0 radical (unpaired) electrons. The highest BCUT2D eigenvalue weighted by Crippen LogP contribution is 2.38.